The van der Waals surface area contributed by atoms with Crippen molar-refractivity contribution in [3.63, 3.8) is 0 Å². The lowest BCUT2D eigenvalue weighted by atomic mass is 9.63. The van der Waals surface area contributed by atoms with Crippen LogP contribution in [0.2, 0.25) is 0 Å². The fourth-order valence-corrected chi connectivity index (χ4v) is 8.96. The second-order valence-electron chi connectivity index (χ2n) is 16.7. The molecule has 1 aliphatic carbocycles. The molecule has 3 aromatic heterocycles. The van der Waals surface area contributed by atoms with E-state index in [0.717, 1.165) is 76.9 Å². The van der Waals surface area contributed by atoms with Gasteiger partial charge in [-0.05, 0) is 93.1 Å². The Bertz CT molecular complexity index is 3220. The first kappa shape index (κ1) is 32.8. The van der Waals surface area contributed by atoms with Crippen LogP contribution in [0.1, 0.15) is 51.7 Å². The van der Waals surface area contributed by atoms with Crippen molar-refractivity contribution in [3.05, 3.63) is 151 Å². The molecule has 0 N–H and O–H groups in total. The van der Waals surface area contributed by atoms with Crippen molar-refractivity contribution in [1.29, 1.82) is 0 Å². The van der Waals surface area contributed by atoms with Crippen LogP contribution < -0.4 is 0 Å². The maximum Gasteiger partial charge on any atom is 0.167 e. The lowest BCUT2D eigenvalue weighted by Crippen LogP contribution is -2.33. The van der Waals surface area contributed by atoms with E-state index < -0.39 is 0 Å². The first-order chi connectivity index (χ1) is 27.2. The van der Waals surface area contributed by atoms with E-state index in [1.165, 1.54) is 29.5 Å². The molecule has 7 aromatic carbocycles. The summed E-state index contributed by atoms with van der Waals surface area (Å²) in [6, 6.07) is 48.8. The topological polar surface area (TPSA) is 65.0 Å². The summed E-state index contributed by atoms with van der Waals surface area (Å²) in [5, 5.41) is 6.37. The zero-order chi connectivity index (χ0) is 37.8. The summed E-state index contributed by atoms with van der Waals surface area (Å²) in [7, 11) is 0. The smallest absolute Gasteiger partial charge is 0.167 e. The number of nitrogens with zero attached hydrogens (tertiary/aromatic N) is 3. The molecule has 5 nitrogen and oxygen atoms in total. The van der Waals surface area contributed by atoms with E-state index in [0.29, 0.717) is 17.5 Å². The molecule has 3 heterocycles. The van der Waals surface area contributed by atoms with Gasteiger partial charge < -0.3 is 8.83 Å². The van der Waals surface area contributed by atoms with Crippen molar-refractivity contribution in [2.45, 2.75) is 51.4 Å². The van der Waals surface area contributed by atoms with Crippen LogP contribution in [0.3, 0.4) is 0 Å². The van der Waals surface area contributed by atoms with E-state index >= 15 is 0 Å². The molecule has 1 aliphatic rings. The molecule has 0 atom stereocenters. The number of rotatable bonds is 4. The summed E-state index contributed by atoms with van der Waals surface area (Å²) in [5.41, 5.74) is 11.4. The Morgan fingerprint density at radius 2 is 1.07 bits per heavy atom. The average Bonchev–Trinajstić information content (AvgIpc) is 3.80. The van der Waals surface area contributed by atoms with E-state index in [4.69, 9.17) is 23.8 Å². The molecule has 0 amide bonds. The maximum atomic E-state index is 6.84. The fourth-order valence-electron chi connectivity index (χ4n) is 8.96. The molecule has 0 bridgehead atoms. The van der Waals surface area contributed by atoms with E-state index in [1.54, 1.807) is 0 Å². The van der Waals surface area contributed by atoms with Gasteiger partial charge in [-0.3, -0.25) is 0 Å². The van der Waals surface area contributed by atoms with E-state index in [9.17, 15) is 0 Å². The molecule has 0 unspecified atom stereocenters. The molecule has 0 saturated heterocycles. The highest BCUT2D eigenvalue weighted by molar-refractivity contribution is 6.12. The largest absolute Gasteiger partial charge is 0.456 e. The summed E-state index contributed by atoms with van der Waals surface area (Å²) in [6.45, 7) is 9.51. The summed E-state index contributed by atoms with van der Waals surface area (Å²) in [6.07, 6.45) is 2.37. The van der Waals surface area contributed by atoms with E-state index in [2.05, 4.69) is 137 Å². The Morgan fingerprint density at radius 1 is 0.429 bits per heavy atom. The summed E-state index contributed by atoms with van der Waals surface area (Å²) >= 11 is 0. The van der Waals surface area contributed by atoms with Crippen LogP contribution in [0.5, 0.6) is 0 Å². The molecular formula is C51H39N3O2. The third-order valence-corrected chi connectivity index (χ3v) is 12.2. The Morgan fingerprint density at radius 3 is 1.95 bits per heavy atom. The molecule has 0 spiro atoms. The maximum absolute atomic E-state index is 6.84. The minimum absolute atomic E-state index is 0.130. The Labute approximate surface area is 324 Å². The van der Waals surface area contributed by atoms with Crippen LogP contribution >= 0.6 is 0 Å². The number of hydrogen-bond acceptors (Lipinski definition) is 5. The second kappa shape index (κ2) is 12.0. The van der Waals surface area contributed by atoms with Crippen molar-refractivity contribution in [3.8, 4) is 45.3 Å². The SMILES string of the molecule is CC1(C)CCC(C)(C)c2cc(-c3ccc4c(c3)oc3c(-c5nc(-c6ccc7ccccc7c6)nc(-c6cccc7oc8ccccc8c67)n5)cccc34)ccc21. The molecule has 56 heavy (non-hydrogen) atoms. The number of para-hydroxylation sites is 2. The molecule has 0 aliphatic heterocycles. The second-order valence-corrected chi connectivity index (χ2v) is 16.7. The zero-order valence-electron chi connectivity index (χ0n) is 31.9. The Hall–Kier alpha value is -6.59. The summed E-state index contributed by atoms with van der Waals surface area (Å²) in [5.74, 6) is 1.71. The number of aromatic nitrogens is 3. The lowest BCUT2D eigenvalue weighted by Gasteiger charge is -2.42. The Balaban J connectivity index is 1.10. The van der Waals surface area contributed by atoms with E-state index in [1.807, 2.05) is 30.3 Å². The average molecular weight is 726 g/mol. The first-order valence-corrected chi connectivity index (χ1v) is 19.5. The van der Waals surface area contributed by atoms with Crippen molar-refractivity contribution >= 4 is 54.6 Å². The monoisotopic (exact) mass is 725 g/mol. The van der Waals surface area contributed by atoms with Crippen molar-refractivity contribution < 1.29 is 8.83 Å². The standard InChI is InChI=1S/C51H39N3O2/c1-50(2)25-26-51(3,4)41-28-32(22-24-40(41)50)33-21-23-35-36-14-9-16-39(46(36)56-44(35)29-33)49-53-47(34-20-19-30-11-5-6-12-31(30)27-34)52-48(54-49)38-15-10-18-43-45(38)37-13-7-8-17-42(37)55-43/h5-24,27-29H,25-26H2,1-4H3. The van der Waals surface area contributed by atoms with Gasteiger partial charge in [0, 0.05) is 32.7 Å². The summed E-state index contributed by atoms with van der Waals surface area (Å²) < 4.78 is 13.1. The fraction of sp³-hybridized carbons (Fsp3) is 0.157. The van der Waals surface area contributed by atoms with Gasteiger partial charge in [-0.2, -0.15) is 0 Å². The first-order valence-electron chi connectivity index (χ1n) is 19.5. The Kier molecular flexibility index (Phi) is 7.00. The van der Waals surface area contributed by atoms with Gasteiger partial charge in [-0.15, -0.1) is 0 Å². The van der Waals surface area contributed by atoms with E-state index in [-0.39, 0.29) is 10.8 Å². The van der Waals surface area contributed by atoms with Gasteiger partial charge in [0.1, 0.15) is 22.3 Å². The highest BCUT2D eigenvalue weighted by atomic mass is 16.3. The minimum atomic E-state index is 0.130. The van der Waals surface area contributed by atoms with Gasteiger partial charge in [0.15, 0.2) is 17.5 Å². The highest BCUT2D eigenvalue weighted by Crippen LogP contribution is 2.47. The van der Waals surface area contributed by atoms with Crippen LogP contribution in [-0.2, 0) is 10.8 Å². The van der Waals surface area contributed by atoms with Crippen LogP contribution in [-0.4, -0.2) is 15.0 Å². The molecule has 270 valence electrons. The van der Waals surface area contributed by atoms with Gasteiger partial charge in [0.2, 0.25) is 0 Å². The molecule has 5 heteroatoms. The van der Waals surface area contributed by atoms with Crippen molar-refractivity contribution in [2.75, 3.05) is 0 Å². The minimum Gasteiger partial charge on any atom is -0.456 e. The zero-order valence-corrected chi connectivity index (χ0v) is 31.9. The highest BCUT2D eigenvalue weighted by Gasteiger charge is 2.37. The third-order valence-electron chi connectivity index (χ3n) is 12.2. The van der Waals surface area contributed by atoms with Crippen molar-refractivity contribution in [2.24, 2.45) is 0 Å². The van der Waals surface area contributed by atoms with Gasteiger partial charge in [0.25, 0.3) is 0 Å². The number of hydrogen-bond donors (Lipinski definition) is 0. The predicted octanol–water partition coefficient (Wildman–Crippen LogP) is 13.8. The normalized spacial score (nSPS) is 14.9. The molecule has 10 aromatic rings. The molecule has 11 rings (SSSR count). The number of fused-ring (bicyclic) bond motifs is 8. The van der Waals surface area contributed by atoms with Gasteiger partial charge >= 0.3 is 0 Å². The van der Waals surface area contributed by atoms with Gasteiger partial charge in [-0.1, -0.05) is 131 Å². The third kappa shape index (κ3) is 5.11. The van der Waals surface area contributed by atoms with Gasteiger partial charge in [0.05, 0.1) is 5.56 Å². The molecular weight excluding hydrogens is 687 g/mol. The van der Waals surface area contributed by atoms with Gasteiger partial charge in [-0.25, -0.2) is 15.0 Å². The molecule has 0 radical (unpaired) electrons. The van der Waals surface area contributed by atoms with Crippen molar-refractivity contribution in [1.82, 2.24) is 15.0 Å². The molecule has 0 fully saturated rings. The summed E-state index contributed by atoms with van der Waals surface area (Å²) in [4.78, 5) is 15.6. The van der Waals surface area contributed by atoms with Crippen LogP contribution in [0, 0.1) is 0 Å². The predicted molar refractivity (Wildman–Crippen MR) is 229 cm³/mol. The lowest BCUT2D eigenvalue weighted by molar-refractivity contribution is 0.332. The van der Waals surface area contributed by atoms with Crippen LogP contribution in [0.25, 0.3) is 99.9 Å². The van der Waals surface area contributed by atoms with Crippen LogP contribution in [0.15, 0.2) is 148 Å². The molecule has 0 saturated carbocycles. The number of benzene rings is 7. The van der Waals surface area contributed by atoms with Crippen LogP contribution in [0.4, 0.5) is 0 Å². The number of furan rings is 2. The quantitative estimate of drug-likeness (QED) is 0.181.